The minimum Gasteiger partial charge on any atom is -0.475 e. The van der Waals surface area contributed by atoms with Crippen molar-refractivity contribution in [1.82, 2.24) is 24.4 Å². The summed E-state index contributed by atoms with van der Waals surface area (Å²) in [6.07, 6.45) is -5.22. The summed E-state index contributed by atoms with van der Waals surface area (Å²) in [6.45, 7) is 1.86. The molecule has 0 aliphatic carbocycles. The molecule has 0 radical (unpaired) electrons. The van der Waals surface area contributed by atoms with E-state index in [1.165, 1.54) is 17.4 Å². The van der Waals surface area contributed by atoms with Crippen molar-refractivity contribution in [3.05, 3.63) is 67.8 Å². The zero-order chi connectivity index (χ0) is 26.3. The second kappa shape index (κ2) is 11.7. The number of aryl methyl sites for hydroxylation is 1. The Kier molecular flexibility index (Phi) is 9.18. The molecule has 0 bridgehead atoms. The first kappa shape index (κ1) is 27.6. The fourth-order valence-corrected chi connectivity index (χ4v) is 3.56. The molecule has 0 spiro atoms. The van der Waals surface area contributed by atoms with E-state index in [9.17, 15) is 31.5 Å². The molecule has 190 valence electrons. The van der Waals surface area contributed by atoms with Crippen LogP contribution in [0.4, 0.5) is 22.0 Å². The van der Waals surface area contributed by atoms with Gasteiger partial charge in [0.25, 0.3) is 11.6 Å². The highest BCUT2D eigenvalue weighted by Gasteiger charge is 2.38. The smallest absolute Gasteiger partial charge is 0.475 e. The van der Waals surface area contributed by atoms with E-state index in [2.05, 4.69) is 10.4 Å². The highest BCUT2D eigenvalue weighted by molar-refractivity contribution is 7.15. The molecule has 16 heteroatoms. The van der Waals surface area contributed by atoms with Crippen LogP contribution in [0, 0.1) is 0 Å². The number of nitrogens with zero attached hydrogens (tertiary/aromatic N) is 5. The molecule has 3 rings (SSSR count). The van der Waals surface area contributed by atoms with E-state index in [0.717, 1.165) is 24.7 Å². The number of aromatic nitrogens is 5. The second-order valence-electron chi connectivity index (χ2n) is 6.76. The minimum atomic E-state index is -5.08. The zero-order valence-electron chi connectivity index (χ0n) is 18.0. The highest BCUT2D eigenvalue weighted by Crippen LogP contribution is 2.27. The maximum atomic E-state index is 12.7. The lowest BCUT2D eigenvalue weighted by Gasteiger charge is -2.03. The standard InChI is InChI=1S/C17H18F2N6O2S.C2HF3O2/c1-2-23-8-11(3-6-15(23)26)14-5-4-13(28-14)10-25-17(27)24(21-22-25)9-12(7-20)16(18)19;3-2(4,5)1(6)7/h3-6,8H,2,7,9-10,20H2,1H3;(H,6,7). The number of pyridine rings is 1. The molecule has 0 unspecified atom stereocenters. The molecule has 0 amide bonds. The number of halogens is 5. The number of carboxylic acids is 1. The lowest BCUT2D eigenvalue weighted by molar-refractivity contribution is -0.192. The van der Waals surface area contributed by atoms with E-state index in [4.69, 9.17) is 15.6 Å². The molecule has 0 atom stereocenters. The van der Waals surface area contributed by atoms with Crippen LogP contribution < -0.4 is 17.0 Å². The lowest BCUT2D eigenvalue weighted by Crippen LogP contribution is -2.27. The number of nitrogens with two attached hydrogens (primary N) is 1. The van der Waals surface area contributed by atoms with Crippen LogP contribution in [0.1, 0.15) is 11.8 Å². The number of hydrogen-bond donors (Lipinski definition) is 2. The van der Waals surface area contributed by atoms with Crippen molar-refractivity contribution in [2.75, 3.05) is 6.54 Å². The first-order valence-electron chi connectivity index (χ1n) is 9.70. The summed E-state index contributed by atoms with van der Waals surface area (Å²) in [6, 6.07) is 7.00. The van der Waals surface area contributed by atoms with Crippen LogP contribution >= 0.6 is 11.3 Å². The molecule has 0 aromatic carbocycles. The molecule has 0 saturated heterocycles. The Morgan fingerprint density at radius 2 is 1.74 bits per heavy atom. The quantitative estimate of drug-likeness (QED) is 0.454. The summed E-state index contributed by atoms with van der Waals surface area (Å²) in [5, 5.41) is 14.5. The molecule has 35 heavy (non-hydrogen) atoms. The van der Waals surface area contributed by atoms with Gasteiger partial charge in [-0.25, -0.2) is 9.59 Å². The number of thiophene rings is 1. The number of rotatable bonds is 7. The van der Waals surface area contributed by atoms with Crippen LogP contribution in [0.2, 0.25) is 0 Å². The summed E-state index contributed by atoms with van der Waals surface area (Å²) in [7, 11) is 0. The van der Waals surface area contributed by atoms with Gasteiger partial charge in [-0.05, 0) is 35.5 Å². The average molecular weight is 522 g/mol. The molecule has 3 heterocycles. The van der Waals surface area contributed by atoms with Gasteiger partial charge in [0.15, 0.2) is 0 Å². The van der Waals surface area contributed by atoms with Gasteiger partial charge in [0.2, 0.25) is 0 Å². The number of carbonyl (C=O) groups is 1. The van der Waals surface area contributed by atoms with Crippen LogP contribution in [0.5, 0.6) is 0 Å². The molecular formula is C19H19F5N6O4S. The Balaban J connectivity index is 0.000000540. The van der Waals surface area contributed by atoms with E-state index in [-0.39, 0.29) is 24.2 Å². The average Bonchev–Trinajstić information content (AvgIpc) is 3.39. The first-order valence-corrected chi connectivity index (χ1v) is 10.5. The monoisotopic (exact) mass is 522 g/mol. The Bertz CT molecular complexity index is 1320. The second-order valence-corrected chi connectivity index (χ2v) is 7.92. The minimum absolute atomic E-state index is 0.0678. The Morgan fingerprint density at radius 3 is 2.29 bits per heavy atom. The van der Waals surface area contributed by atoms with Gasteiger partial charge in [0.1, 0.15) is 0 Å². The van der Waals surface area contributed by atoms with E-state index in [1.54, 1.807) is 16.8 Å². The zero-order valence-corrected chi connectivity index (χ0v) is 18.8. The Morgan fingerprint density at radius 1 is 1.11 bits per heavy atom. The van der Waals surface area contributed by atoms with E-state index >= 15 is 0 Å². The van der Waals surface area contributed by atoms with Crippen molar-refractivity contribution in [2.45, 2.75) is 32.7 Å². The third-order valence-corrected chi connectivity index (χ3v) is 5.49. The fraction of sp³-hybridized carbons (Fsp3) is 0.316. The van der Waals surface area contributed by atoms with E-state index in [1.807, 2.05) is 19.1 Å². The van der Waals surface area contributed by atoms with Crippen molar-refractivity contribution in [3.8, 4) is 10.4 Å². The molecule has 0 fully saturated rings. The number of carboxylic acid groups (broad SMARTS) is 1. The predicted molar refractivity (Wildman–Crippen MR) is 115 cm³/mol. The van der Waals surface area contributed by atoms with E-state index < -0.39 is 30.5 Å². The maximum absolute atomic E-state index is 12.7. The number of aliphatic carboxylic acids is 1. The Hall–Kier alpha value is -3.66. The predicted octanol–water partition coefficient (Wildman–Crippen LogP) is 2.14. The van der Waals surface area contributed by atoms with Gasteiger partial charge in [-0.3, -0.25) is 4.79 Å². The topological polar surface area (TPSA) is 138 Å². The number of hydrogen-bond acceptors (Lipinski definition) is 7. The fourth-order valence-electron chi connectivity index (χ4n) is 2.58. The van der Waals surface area contributed by atoms with Crippen molar-refractivity contribution in [1.29, 1.82) is 0 Å². The molecule has 3 aromatic heterocycles. The van der Waals surface area contributed by atoms with Crippen LogP contribution in [0.3, 0.4) is 0 Å². The van der Waals surface area contributed by atoms with Crippen LogP contribution in [0.25, 0.3) is 10.4 Å². The summed E-state index contributed by atoms with van der Waals surface area (Å²) < 4.78 is 60.7. The van der Waals surface area contributed by atoms with Gasteiger partial charge < -0.3 is 15.4 Å². The summed E-state index contributed by atoms with van der Waals surface area (Å²) in [5.74, 6) is -2.76. The first-order chi connectivity index (χ1) is 16.4. The normalized spacial score (nSPS) is 11.1. The van der Waals surface area contributed by atoms with Gasteiger partial charge in [-0.1, -0.05) is 0 Å². The van der Waals surface area contributed by atoms with E-state index in [0.29, 0.717) is 6.54 Å². The van der Waals surface area contributed by atoms with Gasteiger partial charge in [0.05, 0.1) is 13.1 Å². The largest absolute Gasteiger partial charge is 0.490 e. The van der Waals surface area contributed by atoms with Crippen molar-refractivity contribution < 1.29 is 31.9 Å². The maximum Gasteiger partial charge on any atom is 0.490 e. The van der Waals surface area contributed by atoms with Crippen LogP contribution in [-0.4, -0.2) is 48.2 Å². The summed E-state index contributed by atoms with van der Waals surface area (Å²) in [5.41, 5.74) is 5.13. The molecule has 0 aliphatic rings. The van der Waals surface area contributed by atoms with Crippen molar-refractivity contribution in [3.63, 3.8) is 0 Å². The van der Waals surface area contributed by atoms with Crippen LogP contribution in [-0.2, 0) is 24.4 Å². The Labute approximate surface area is 197 Å². The van der Waals surface area contributed by atoms with Crippen LogP contribution in [0.15, 0.2) is 51.7 Å². The number of tetrazole rings is 1. The molecule has 3 N–H and O–H groups in total. The van der Waals surface area contributed by atoms with Gasteiger partial charge in [-0.2, -0.15) is 31.3 Å². The molecule has 3 aromatic rings. The third-order valence-electron chi connectivity index (χ3n) is 4.37. The molecule has 0 aliphatic heterocycles. The third kappa shape index (κ3) is 7.41. The van der Waals surface area contributed by atoms with Crippen molar-refractivity contribution >= 4 is 17.3 Å². The van der Waals surface area contributed by atoms with Crippen molar-refractivity contribution in [2.24, 2.45) is 5.73 Å². The highest BCUT2D eigenvalue weighted by atomic mass is 32.1. The molecular weight excluding hydrogens is 503 g/mol. The molecule has 10 nitrogen and oxygen atoms in total. The van der Waals surface area contributed by atoms with Gasteiger partial charge in [-0.15, -0.1) is 11.3 Å². The molecule has 0 saturated carbocycles. The lowest BCUT2D eigenvalue weighted by atomic mass is 10.2. The SMILES string of the molecule is CCn1cc(-c2ccc(Cn3nnn(CC(CN)=C(F)F)c3=O)s2)ccc1=O.O=C(O)C(F)(F)F. The number of alkyl halides is 3. The van der Waals surface area contributed by atoms with Gasteiger partial charge in [0, 0.05) is 46.2 Å². The van der Waals surface area contributed by atoms with Gasteiger partial charge >= 0.3 is 17.8 Å². The summed E-state index contributed by atoms with van der Waals surface area (Å²) >= 11 is 1.45. The summed E-state index contributed by atoms with van der Waals surface area (Å²) in [4.78, 5) is 34.7.